The minimum Gasteiger partial charge on any atom is -0.127 e. The minimum absolute atomic E-state index is 0.876. The Hall–Kier alpha value is 0.397. The molecule has 4 fully saturated rings. The Bertz CT molecular complexity index is 932. The molecule has 0 amide bonds. The molecular formula is C36H60S2Si. The average molecular weight is 585 g/mol. The molecule has 0 radical (unpaired) electrons. The van der Waals surface area contributed by atoms with Crippen LogP contribution < -0.4 is 0 Å². The van der Waals surface area contributed by atoms with Crippen LogP contribution in [-0.2, 0) is 0 Å². The number of hydrogen-bond donors (Lipinski definition) is 0. The van der Waals surface area contributed by atoms with E-state index in [1.54, 1.807) is 9.81 Å². The van der Waals surface area contributed by atoms with Gasteiger partial charge in [0.15, 0.2) is 0 Å². The van der Waals surface area contributed by atoms with Gasteiger partial charge in [-0.25, -0.2) is 0 Å². The third-order valence-electron chi connectivity index (χ3n) is 13.6. The number of thioether (sulfide) groups is 2. The van der Waals surface area contributed by atoms with Crippen molar-refractivity contribution in [1.82, 2.24) is 0 Å². The Labute approximate surface area is 252 Å². The highest BCUT2D eigenvalue weighted by molar-refractivity contribution is 8.04. The van der Waals surface area contributed by atoms with Crippen molar-refractivity contribution in [1.29, 1.82) is 0 Å². The first kappa shape index (κ1) is 29.5. The standard InChI is InChI=1S/C36H60S2Si/c1-19-11-13-21(3)27(15-19)31-25(7)37-33-29(31)17-23(5)35(33)39(9,10)36-24(6)18-30-32(26(8)38-34(30)36)28-16-20(2)12-14-22(28)4/h19-24,27-30,33-36H,11-18H2,1-10H3. The van der Waals surface area contributed by atoms with Gasteiger partial charge in [0.05, 0.1) is 8.07 Å². The molecule has 0 nitrogen and oxygen atoms in total. The van der Waals surface area contributed by atoms with Gasteiger partial charge in [-0.3, -0.25) is 0 Å². The van der Waals surface area contributed by atoms with E-state index in [4.69, 9.17) is 0 Å². The van der Waals surface area contributed by atoms with Gasteiger partial charge in [-0.15, -0.1) is 23.5 Å². The molecule has 39 heavy (non-hydrogen) atoms. The van der Waals surface area contributed by atoms with Gasteiger partial charge in [-0.1, -0.05) is 78.6 Å². The molecule has 6 rings (SSSR count). The molecule has 3 heteroatoms. The smallest absolute Gasteiger partial charge is 0.0564 e. The van der Waals surface area contributed by atoms with Crippen LogP contribution in [0.2, 0.25) is 24.2 Å². The second kappa shape index (κ2) is 10.8. The van der Waals surface area contributed by atoms with E-state index in [0.29, 0.717) is 0 Å². The van der Waals surface area contributed by atoms with Crippen LogP contribution in [0.25, 0.3) is 0 Å². The first-order valence-corrected chi connectivity index (χ1v) is 22.1. The molecule has 0 aromatic rings. The number of rotatable bonds is 4. The van der Waals surface area contributed by atoms with Gasteiger partial charge in [0.25, 0.3) is 0 Å². The summed E-state index contributed by atoms with van der Waals surface area (Å²) in [4.78, 5) is 3.54. The molecular weight excluding hydrogens is 525 g/mol. The average Bonchev–Trinajstić information content (AvgIpc) is 3.53. The van der Waals surface area contributed by atoms with Crippen molar-refractivity contribution in [2.24, 2.45) is 59.2 Å². The van der Waals surface area contributed by atoms with Crippen LogP contribution in [-0.4, -0.2) is 18.6 Å². The zero-order chi connectivity index (χ0) is 28.0. The molecule has 4 aliphatic carbocycles. The lowest BCUT2D eigenvalue weighted by molar-refractivity contribution is 0.221. The minimum atomic E-state index is -1.51. The van der Waals surface area contributed by atoms with E-state index >= 15 is 0 Å². The fourth-order valence-electron chi connectivity index (χ4n) is 12.0. The van der Waals surface area contributed by atoms with E-state index in [-0.39, 0.29) is 0 Å². The van der Waals surface area contributed by atoms with Crippen molar-refractivity contribution in [3.8, 4) is 0 Å². The summed E-state index contributed by atoms with van der Waals surface area (Å²) in [7, 11) is -1.51. The first-order chi connectivity index (χ1) is 18.4. The Balaban J connectivity index is 1.24. The predicted octanol–water partition coefficient (Wildman–Crippen LogP) is 11.7. The highest BCUT2D eigenvalue weighted by Gasteiger charge is 2.61. The molecule has 220 valence electrons. The van der Waals surface area contributed by atoms with Crippen molar-refractivity contribution >= 4 is 31.6 Å². The molecule has 4 saturated carbocycles. The molecule has 0 N–H and O–H groups in total. The van der Waals surface area contributed by atoms with Crippen LogP contribution in [0.1, 0.15) is 107 Å². The third kappa shape index (κ3) is 4.85. The summed E-state index contributed by atoms with van der Waals surface area (Å²) < 4.78 is 0. The van der Waals surface area contributed by atoms with E-state index in [1.165, 1.54) is 51.4 Å². The van der Waals surface area contributed by atoms with Gasteiger partial charge >= 0.3 is 0 Å². The summed E-state index contributed by atoms with van der Waals surface area (Å²) in [5, 5.41) is 1.79. The maximum absolute atomic E-state index is 2.89. The maximum Gasteiger partial charge on any atom is 0.0564 e. The zero-order valence-electron chi connectivity index (χ0n) is 27.1. The first-order valence-electron chi connectivity index (χ1n) is 17.1. The summed E-state index contributed by atoms with van der Waals surface area (Å²) >= 11 is 4.77. The van der Waals surface area contributed by atoms with Crippen LogP contribution in [0.5, 0.6) is 0 Å². The molecule has 14 atom stereocenters. The lowest BCUT2D eigenvalue weighted by Crippen LogP contribution is -2.47. The molecule has 0 saturated heterocycles. The van der Waals surface area contributed by atoms with Gasteiger partial charge in [-0.2, -0.15) is 0 Å². The van der Waals surface area contributed by atoms with Crippen molar-refractivity contribution in [3.63, 3.8) is 0 Å². The summed E-state index contributed by atoms with van der Waals surface area (Å²) in [6.45, 7) is 26.5. The van der Waals surface area contributed by atoms with E-state index < -0.39 is 8.07 Å². The lowest BCUT2D eigenvalue weighted by atomic mass is 9.69. The van der Waals surface area contributed by atoms with Crippen LogP contribution in [0.15, 0.2) is 21.0 Å². The SMILES string of the molecule is CC1=C(C2CC(C)CCC2C)C2CC(C)C([Si](C)(C)C3C(C)CC4C(C5CC(C)CCC5C)=C(C)SC43)C2S1. The van der Waals surface area contributed by atoms with E-state index in [0.717, 1.165) is 80.8 Å². The molecule has 2 aliphatic heterocycles. The highest BCUT2D eigenvalue weighted by Crippen LogP contribution is 2.69. The summed E-state index contributed by atoms with van der Waals surface area (Å²) in [5.74, 6) is 9.01. The second-order valence-electron chi connectivity index (χ2n) is 16.7. The van der Waals surface area contributed by atoms with Crippen molar-refractivity contribution in [2.75, 3.05) is 0 Å². The molecule has 6 aliphatic rings. The third-order valence-corrected chi connectivity index (χ3v) is 22.4. The molecule has 2 heterocycles. The van der Waals surface area contributed by atoms with Gasteiger partial charge < -0.3 is 0 Å². The van der Waals surface area contributed by atoms with Crippen molar-refractivity contribution in [2.45, 2.75) is 141 Å². The van der Waals surface area contributed by atoms with Gasteiger partial charge in [0, 0.05) is 10.5 Å². The second-order valence-corrected chi connectivity index (χ2v) is 24.5. The van der Waals surface area contributed by atoms with E-state index in [2.05, 4.69) is 92.0 Å². The Morgan fingerprint density at radius 2 is 0.897 bits per heavy atom. The van der Waals surface area contributed by atoms with Crippen LogP contribution >= 0.6 is 23.5 Å². The Kier molecular flexibility index (Phi) is 8.19. The van der Waals surface area contributed by atoms with E-state index in [9.17, 15) is 0 Å². The van der Waals surface area contributed by atoms with Crippen LogP contribution in [0.3, 0.4) is 0 Å². The number of allylic oxidation sites excluding steroid dienone is 4. The topological polar surface area (TPSA) is 0 Å². The molecule has 14 unspecified atom stereocenters. The molecule has 0 spiro atoms. The van der Waals surface area contributed by atoms with Crippen molar-refractivity contribution < 1.29 is 0 Å². The fraction of sp³-hybridized carbons (Fsp3) is 0.889. The summed E-state index contributed by atoms with van der Waals surface area (Å²) in [6, 6.07) is 0. The fourth-order valence-corrected chi connectivity index (χ4v) is 23.7. The number of hydrogen-bond acceptors (Lipinski definition) is 2. The van der Waals surface area contributed by atoms with Crippen LogP contribution in [0, 0.1) is 59.2 Å². The van der Waals surface area contributed by atoms with Gasteiger partial charge in [0.2, 0.25) is 0 Å². The largest absolute Gasteiger partial charge is 0.127 e. The number of fused-ring (bicyclic) bond motifs is 2. The Morgan fingerprint density at radius 1 is 0.513 bits per heavy atom. The summed E-state index contributed by atoms with van der Waals surface area (Å²) in [5.41, 5.74) is 5.91. The van der Waals surface area contributed by atoms with Gasteiger partial charge in [-0.05, 0) is 132 Å². The molecule has 0 aromatic carbocycles. The maximum atomic E-state index is 2.89. The van der Waals surface area contributed by atoms with Crippen molar-refractivity contribution in [3.05, 3.63) is 21.0 Å². The summed E-state index contributed by atoms with van der Waals surface area (Å²) in [6.07, 6.45) is 11.7. The quantitative estimate of drug-likeness (QED) is 0.301. The molecule has 0 bridgehead atoms. The molecule has 0 aromatic heterocycles. The zero-order valence-corrected chi connectivity index (χ0v) is 29.7. The lowest BCUT2D eigenvalue weighted by Gasteiger charge is -2.45. The van der Waals surface area contributed by atoms with Crippen LogP contribution in [0.4, 0.5) is 0 Å². The van der Waals surface area contributed by atoms with E-state index in [1.807, 2.05) is 11.1 Å². The normalized spacial score (nSPS) is 50.6. The van der Waals surface area contributed by atoms with Gasteiger partial charge in [0.1, 0.15) is 0 Å². The predicted molar refractivity (Wildman–Crippen MR) is 179 cm³/mol. The Morgan fingerprint density at radius 3 is 1.28 bits per heavy atom. The highest BCUT2D eigenvalue weighted by atomic mass is 32.2. The monoisotopic (exact) mass is 584 g/mol.